The molecule has 0 aromatic rings. The summed E-state index contributed by atoms with van der Waals surface area (Å²) < 4.78 is 68.4. The average Bonchev–Trinajstić information content (AvgIpc) is 0.921. The van der Waals surface area contributed by atoms with Gasteiger partial charge in [-0.2, -0.15) is 0 Å². The van der Waals surface area contributed by atoms with Crippen molar-refractivity contribution in [1.82, 2.24) is 0 Å². The van der Waals surface area contributed by atoms with Gasteiger partial charge < -0.3 is 33.8 Å². The standard InChI is InChI=1S/C83H134O17P2/c1-5-9-13-17-21-25-29-32-35-37-38-40-42-45-49-52-56-60-64-68-81(86)94-74-79(100-83(88)70-66-62-58-54-50-46-43-39-36-33-30-26-22-18-14-10-6-2)76-98-102(91,92)96-72-77(84)71-95-101(89,90)97-75-78(99-82(87)69-65-61-57-53-47-28-24-20-16-12-8-4)73-93-80(85)67-63-59-55-51-48-44-41-34-31-27-23-19-15-11-7-3/h9-11,13-15,20-27,32-36,38,40-41,43,45-46,48-49,51,77-79,84H,5-8,12,16-19,28-31,37,39,42,44,47,50,52-76H2,1-4H3,(H,89,90)(H,91,92)/b13-9-,14-10-,15-11-,24-20-,25-21-,26-22-,27-23-,35-32-,36-33-,40-38-,41-34-,46-43-,49-45-,51-48-. The summed E-state index contributed by atoms with van der Waals surface area (Å²) in [6, 6.07) is 0. The molecule has 0 aromatic heterocycles. The average molecular weight is 1470 g/mol. The Bertz CT molecular complexity index is 2600. The van der Waals surface area contributed by atoms with Crippen molar-refractivity contribution in [1.29, 1.82) is 0 Å². The summed E-state index contributed by atoms with van der Waals surface area (Å²) in [7, 11) is -10.00. The van der Waals surface area contributed by atoms with Gasteiger partial charge in [0.15, 0.2) is 12.2 Å². The van der Waals surface area contributed by atoms with E-state index in [4.69, 9.17) is 37.0 Å². The predicted octanol–water partition coefficient (Wildman–Crippen LogP) is 22.2. The van der Waals surface area contributed by atoms with Crippen molar-refractivity contribution in [3.05, 3.63) is 170 Å². The fourth-order valence-electron chi connectivity index (χ4n) is 9.38. The number of ether oxygens (including phenoxy) is 4. The number of phosphoric ester groups is 2. The number of hydrogen-bond acceptors (Lipinski definition) is 15. The molecule has 0 aliphatic rings. The third-order valence-corrected chi connectivity index (χ3v) is 17.1. The monoisotopic (exact) mass is 1460 g/mol. The van der Waals surface area contributed by atoms with Crippen LogP contribution in [0.5, 0.6) is 0 Å². The second-order valence-corrected chi connectivity index (χ2v) is 27.7. The fourth-order valence-corrected chi connectivity index (χ4v) is 11.0. The molecule has 3 N–H and O–H groups in total. The number of allylic oxidation sites excluding steroid dienone is 28. The van der Waals surface area contributed by atoms with Crippen LogP contribution in [0.4, 0.5) is 0 Å². The van der Waals surface area contributed by atoms with E-state index < -0.39 is 97.5 Å². The van der Waals surface area contributed by atoms with E-state index in [1.807, 2.05) is 0 Å². The van der Waals surface area contributed by atoms with E-state index in [1.54, 1.807) is 0 Å². The van der Waals surface area contributed by atoms with E-state index in [9.17, 15) is 43.2 Å². The summed E-state index contributed by atoms with van der Waals surface area (Å²) in [5, 5.41) is 10.6. The number of carbonyl (C=O) groups excluding carboxylic acids is 4. The lowest BCUT2D eigenvalue weighted by Gasteiger charge is -2.21. The minimum absolute atomic E-state index is 0.0517. The minimum atomic E-state index is -5.00. The highest BCUT2D eigenvalue weighted by Gasteiger charge is 2.30. The predicted molar refractivity (Wildman–Crippen MR) is 417 cm³/mol. The van der Waals surface area contributed by atoms with E-state index >= 15 is 0 Å². The third-order valence-electron chi connectivity index (χ3n) is 15.2. The highest BCUT2D eigenvalue weighted by Crippen LogP contribution is 2.45. The van der Waals surface area contributed by atoms with E-state index in [0.29, 0.717) is 25.7 Å². The Balaban J connectivity index is 5.45. The highest BCUT2D eigenvalue weighted by molar-refractivity contribution is 7.47. The first-order chi connectivity index (χ1) is 49.7. The second kappa shape index (κ2) is 73.7. The molecule has 0 aliphatic heterocycles. The zero-order valence-electron chi connectivity index (χ0n) is 63.0. The molecule has 0 spiro atoms. The van der Waals surface area contributed by atoms with Crippen molar-refractivity contribution in [3.8, 4) is 0 Å². The van der Waals surface area contributed by atoms with Crippen molar-refractivity contribution >= 4 is 39.5 Å². The van der Waals surface area contributed by atoms with Crippen LogP contribution in [0.15, 0.2) is 170 Å². The van der Waals surface area contributed by atoms with Crippen LogP contribution in [0.1, 0.15) is 272 Å². The SMILES string of the molecule is CC/C=C\C/C=C\C/C=C\C/C=C\C/C=C\CCCCCC(=O)OCC(COP(=O)(O)OCC(O)COP(=O)(O)OCC(COC(=O)CCCC/C=C\C/C=C\C/C=C\C/C=C\CC)OC(=O)CCCCCCC/C=C\CCCC)OC(=O)CCCCCC/C=C\C/C=C\C/C=C\C/C=C\CC. The van der Waals surface area contributed by atoms with Crippen LogP contribution >= 0.6 is 15.6 Å². The molecule has 17 nitrogen and oxygen atoms in total. The summed E-state index contributed by atoms with van der Waals surface area (Å²) in [6.07, 6.45) is 86.4. The molecule has 0 rings (SSSR count). The van der Waals surface area contributed by atoms with Crippen molar-refractivity contribution in [3.63, 3.8) is 0 Å². The molecule has 0 fully saturated rings. The van der Waals surface area contributed by atoms with Gasteiger partial charge in [-0.05, 0) is 167 Å². The zero-order valence-corrected chi connectivity index (χ0v) is 64.8. The van der Waals surface area contributed by atoms with Gasteiger partial charge in [0, 0.05) is 25.7 Å². The minimum Gasteiger partial charge on any atom is -0.462 e. The molecular formula is C83H134O17P2. The molecule has 0 bridgehead atoms. The number of phosphoric acid groups is 2. The summed E-state index contributed by atoms with van der Waals surface area (Å²) in [4.78, 5) is 72.9. The van der Waals surface area contributed by atoms with E-state index in [0.717, 1.165) is 180 Å². The lowest BCUT2D eigenvalue weighted by molar-refractivity contribution is -0.161. The van der Waals surface area contributed by atoms with Crippen LogP contribution in [-0.4, -0.2) is 96.7 Å². The number of carbonyl (C=O) groups is 4. The molecule has 5 unspecified atom stereocenters. The van der Waals surface area contributed by atoms with Crippen LogP contribution in [0.3, 0.4) is 0 Å². The maximum atomic E-state index is 13.1. The third kappa shape index (κ3) is 72.8. The van der Waals surface area contributed by atoms with Crippen molar-refractivity contribution in [2.24, 2.45) is 0 Å². The number of esters is 4. The Labute approximate surface area is 616 Å². The molecule has 0 saturated heterocycles. The molecule has 5 atom stereocenters. The molecule has 19 heteroatoms. The smallest absolute Gasteiger partial charge is 0.462 e. The van der Waals surface area contributed by atoms with Gasteiger partial charge in [0.05, 0.1) is 26.4 Å². The number of aliphatic hydroxyl groups is 1. The van der Waals surface area contributed by atoms with Gasteiger partial charge in [0.1, 0.15) is 19.3 Å². The molecule has 0 saturated carbocycles. The van der Waals surface area contributed by atoms with Crippen molar-refractivity contribution in [2.45, 2.75) is 290 Å². The van der Waals surface area contributed by atoms with Crippen LogP contribution in [0.2, 0.25) is 0 Å². The van der Waals surface area contributed by atoms with Gasteiger partial charge >= 0.3 is 39.5 Å². The lowest BCUT2D eigenvalue weighted by atomic mass is 10.1. The number of rotatable bonds is 70. The van der Waals surface area contributed by atoms with Gasteiger partial charge in [-0.25, -0.2) is 9.13 Å². The van der Waals surface area contributed by atoms with Gasteiger partial charge in [-0.1, -0.05) is 249 Å². The summed E-state index contributed by atoms with van der Waals surface area (Å²) in [5.74, 6) is -2.31. The first-order valence-corrected chi connectivity index (χ1v) is 41.4. The Hall–Kier alpha value is -5.58. The maximum Gasteiger partial charge on any atom is 0.472 e. The molecular weight excluding hydrogens is 1330 g/mol. The first kappa shape index (κ1) is 96.4. The molecule has 102 heavy (non-hydrogen) atoms. The molecule has 0 amide bonds. The second-order valence-electron chi connectivity index (χ2n) is 24.8. The largest absolute Gasteiger partial charge is 0.472 e. The molecule has 0 aliphatic carbocycles. The molecule has 578 valence electrons. The van der Waals surface area contributed by atoms with Crippen LogP contribution < -0.4 is 0 Å². The highest BCUT2D eigenvalue weighted by atomic mass is 31.2. The van der Waals surface area contributed by atoms with E-state index in [1.165, 1.54) is 12.8 Å². The Morgan fingerprint density at radius 3 is 0.824 bits per heavy atom. The topological polar surface area (TPSA) is 237 Å². The number of aliphatic hydroxyl groups excluding tert-OH is 1. The van der Waals surface area contributed by atoms with Crippen molar-refractivity contribution in [2.75, 3.05) is 39.6 Å². The number of unbranched alkanes of at least 4 members (excludes halogenated alkanes) is 16. The molecule has 0 radical (unpaired) electrons. The summed E-state index contributed by atoms with van der Waals surface area (Å²) >= 11 is 0. The van der Waals surface area contributed by atoms with Crippen LogP contribution in [0, 0.1) is 0 Å². The quantitative estimate of drug-likeness (QED) is 0.0169. The zero-order chi connectivity index (χ0) is 74.6. The Morgan fingerprint density at radius 1 is 0.284 bits per heavy atom. The summed E-state index contributed by atoms with van der Waals surface area (Å²) in [5.41, 5.74) is 0. The Morgan fingerprint density at radius 2 is 0.510 bits per heavy atom. The first-order valence-electron chi connectivity index (χ1n) is 38.4. The van der Waals surface area contributed by atoms with Crippen LogP contribution in [-0.2, 0) is 65.4 Å². The van der Waals surface area contributed by atoms with Crippen molar-refractivity contribution < 1.29 is 80.2 Å². The van der Waals surface area contributed by atoms with E-state index in [-0.39, 0.29) is 25.7 Å². The van der Waals surface area contributed by atoms with Gasteiger partial charge in [-0.3, -0.25) is 37.3 Å². The van der Waals surface area contributed by atoms with Gasteiger partial charge in [0.2, 0.25) is 0 Å². The summed E-state index contributed by atoms with van der Waals surface area (Å²) in [6.45, 7) is 4.34. The Kier molecular flexibility index (Phi) is 69.7. The van der Waals surface area contributed by atoms with Gasteiger partial charge in [0.25, 0.3) is 0 Å². The van der Waals surface area contributed by atoms with Gasteiger partial charge in [-0.15, -0.1) is 0 Å². The van der Waals surface area contributed by atoms with E-state index in [2.05, 4.69) is 198 Å². The van der Waals surface area contributed by atoms with Crippen LogP contribution in [0.25, 0.3) is 0 Å². The molecule has 0 aromatic carbocycles. The molecule has 0 heterocycles. The fraction of sp³-hybridized carbons (Fsp3) is 0.614. The number of hydrogen-bond donors (Lipinski definition) is 3. The maximum absolute atomic E-state index is 13.1. The lowest BCUT2D eigenvalue weighted by Crippen LogP contribution is -2.30. The normalized spacial score (nSPS) is 14.9.